The van der Waals surface area contributed by atoms with Crippen molar-refractivity contribution >= 4 is 23.6 Å². The molecule has 1 unspecified atom stereocenters. The highest BCUT2D eigenvalue weighted by Gasteiger charge is 2.22. The van der Waals surface area contributed by atoms with E-state index in [4.69, 9.17) is 0 Å². The predicted octanol–water partition coefficient (Wildman–Crippen LogP) is 2.75. The first-order valence-electron chi connectivity index (χ1n) is 7.87. The number of hydrogen-bond donors (Lipinski definition) is 1. The number of hydrogen-bond acceptors (Lipinski definition) is 3. The summed E-state index contributed by atoms with van der Waals surface area (Å²) in [6, 6.07) is 6.54. The van der Waals surface area contributed by atoms with E-state index in [2.05, 4.69) is 5.32 Å². The molecule has 2 rings (SSSR count). The number of piperidine rings is 1. The molecule has 1 N–H and O–H groups in total. The fourth-order valence-electron chi connectivity index (χ4n) is 2.64. The molecule has 1 saturated heterocycles. The SMILES string of the molecule is CC(=O)N1CCC(NC(=O)CSC(C)c2ccc(F)cc2)CC1. The summed E-state index contributed by atoms with van der Waals surface area (Å²) >= 11 is 1.54. The second kappa shape index (κ2) is 8.34. The molecular formula is C17H23FN2O2S. The fourth-order valence-corrected chi connectivity index (χ4v) is 3.47. The number of benzene rings is 1. The Morgan fingerprint density at radius 1 is 1.30 bits per heavy atom. The summed E-state index contributed by atoms with van der Waals surface area (Å²) in [5, 5.41) is 3.18. The molecule has 1 aliphatic heterocycles. The molecule has 0 bridgehead atoms. The van der Waals surface area contributed by atoms with Crippen molar-refractivity contribution in [2.75, 3.05) is 18.8 Å². The van der Waals surface area contributed by atoms with Gasteiger partial charge in [-0.15, -0.1) is 11.8 Å². The van der Waals surface area contributed by atoms with Crippen LogP contribution in [0, 0.1) is 5.82 Å². The molecular weight excluding hydrogens is 315 g/mol. The lowest BCUT2D eigenvalue weighted by atomic mass is 10.1. The monoisotopic (exact) mass is 338 g/mol. The highest BCUT2D eigenvalue weighted by Crippen LogP contribution is 2.27. The number of amides is 2. The third-order valence-corrected chi connectivity index (χ3v) is 5.31. The average Bonchev–Trinajstić information content (AvgIpc) is 2.54. The molecule has 0 aliphatic carbocycles. The van der Waals surface area contributed by atoms with Crippen LogP contribution in [0.15, 0.2) is 24.3 Å². The van der Waals surface area contributed by atoms with Gasteiger partial charge in [0.05, 0.1) is 5.75 Å². The van der Waals surface area contributed by atoms with Crippen LogP contribution in [0.5, 0.6) is 0 Å². The highest BCUT2D eigenvalue weighted by atomic mass is 32.2. The van der Waals surface area contributed by atoms with Gasteiger partial charge in [0, 0.05) is 31.3 Å². The van der Waals surface area contributed by atoms with Crippen molar-refractivity contribution in [1.82, 2.24) is 10.2 Å². The van der Waals surface area contributed by atoms with Crippen molar-refractivity contribution in [3.63, 3.8) is 0 Å². The minimum Gasteiger partial charge on any atom is -0.353 e. The Morgan fingerprint density at radius 3 is 2.48 bits per heavy atom. The average molecular weight is 338 g/mol. The lowest BCUT2D eigenvalue weighted by molar-refractivity contribution is -0.130. The van der Waals surface area contributed by atoms with Crippen LogP contribution in [0.4, 0.5) is 4.39 Å². The minimum absolute atomic E-state index is 0.0187. The Kier molecular flexibility index (Phi) is 6.45. The molecule has 1 atom stereocenters. The zero-order chi connectivity index (χ0) is 16.8. The van der Waals surface area contributed by atoms with Crippen molar-refractivity contribution in [3.05, 3.63) is 35.6 Å². The summed E-state index contributed by atoms with van der Waals surface area (Å²) < 4.78 is 12.9. The zero-order valence-electron chi connectivity index (χ0n) is 13.5. The van der Waals surface area contributed by atoms with Crippen molar-refractivity contribution < 1.29 is 14.0 Å². The van der Waals surface area contributed by atoms with Gasteiger partial charge in [-0.3, -0.25) is 9.59 Å². The van der Waals surface area contributed by atoms with Crippen molar-refractivity contribution in [2.45, 2.75) is 38.0 Å². The number of thioether (sulfide) groups is 1. The maximum absolute atomic E-state index is 12.9. The molecule has 1 fully saturated rings. The molecule has 0 saturated carbocycles. The Labute approximate surface area is 140 Å². The summed E-state index contributed by atoms with van der Waals surface area (Å²) in [6.45, 7) is 5.00. The first-order valence-corrected chi connectivity index (χ1v) is 8.92. The molecule has 0 radical (unpaired) electrons. The summed E-state index contributed by atoms with van der Waals surface area (Å²) in [7, 11) is 0. The molecule has 2 amide bonds. The van der Waals surface area contributed by atoms with Crippen LogP contribution in [0.2, 0.25) is 0 Å². The van der Waals surface area contributed by atoms with E-state index in [1.807, 2.05) is 11.8 Å². The third kappa shape index (κ3) is 5.53. The van der Waals surface area contributed by atoms with Crippen LogP contribution in [0.1, 0.15) is 37.5 Å². The first-order chi connectivity index (χ1) is 11.0. The number of carbonyl (C=O) groups is 2. The Bertz CT molecular complexity index is 542. The van der Waals surface area contributed by atoms with Gasteiger partial charge in [-0.05, 0) is 37.5 Å². The Morgan fingerprint density at radius 2 is 1.91 bits per heavy atom. The zero-order valence-corrected chi connectivity index (χ0v) is 14.4. The third-order valence-electron chi connectivity index (χ3n) is 4.11. The van der Waals surface area contributed by atoms with Gasteiger partial charge in [0.1, 0.15) is 5.82 Å². The molecule has 1 aromatic rings. The number of rotatable bonds is 5. The van der Waals surface area contributed by atoms with Crippen molar-refractivity contribution in [1.29, 1.82) is 0 Å². The standard InChI is InChI=1S/C17H23FN2O2S/c1-12(14-3-5-15(18)6-4-14)23-11-17(22)19-16-7-9-20(10-8-16)13(2)21/h3-6,12,16H,7-11H2,1-2H3,(H,19,22). The maximum atomic E-state index is 12.9. The van der Waals surface area contributed by atoms with E-state index in [1.54, 1.807) is 19.1 Å². The molecule has 1 aromatic carbocycles. The van der Waals surface area contributed by atoms with Gasteiger partial charge in [-0.1, -0.05) is 12.1 Å². The van der Waals surface area contributed by atoms with Crippen LogP contribution in [0.3, 0.4) is 0 Å². The molecule has 4 nitrogen and oxygen atoms in total. The maximum Gasteiger partial charge on any atom is 0.230 e. The second-order valence-electron chi connectivity index (χ2n) is 5.85. The van der Waals surface area contributed by atoms with Gasteiger partial charge < -0.3 is 10.2 Å². The van der Waals surface area contributed by atoms with Crippen molar-refractivity contribution in [2.24, 2.45) is 0 Å². The van der Waals surface area contributed by atoms with Crippen LogP contribution in [-0.4, -0.2) is 41.6 Å². The summed E-state index contributed by atoms with van der Waals surface area (Å²) in [5.41, 5.74) is 1.01. The van der Waals surface area contributed by atoms with Crippen LogP contribution < -0.4 is 5.32 Å². The summed E-state index contributed by atoms with van der Waals surface area (Å²) in [5.74, 6) is 0.246. The molecule has 6 heteroatoms. The van der Waals surface area contributed by atoms with E-state index in [0.717, 1.165) is 18.4 Å². The number of carbonyl (C=O) groups excluding carboxylic acids is 2. The van der Waals surface area contributed by atoms with Crippen LogP contribution >= 0.6 is 11.8 Å². The molecule has 1 heterocycles. The second-order valence-corrected chi connectivity index (χ2v) is 7.18. The number of nitrogens with one attached hydrogen (secondary N) is 1. The Hall–Kier alpha value is -1.56. The Balaban J connectivity index is 1.71. The smallest absolute Gasteiger partial charge is 0.230 e. The highest BCUT2D eigenvalue weighted by molar-refractivity contribution is 8.00. The van der Waals surface area contributed by atoms with E-state index in [-0.39, 0.29) is 28.9 Å². The van der Waals surface area contributed by atoms with Crippen molar-refractivity contribution in [3.8, 4) is 0 Å². The predicted molar refractivity (Wildman–Crippen MR) is 90.7 cm³/mol. The van der Waals surface area contributed by atoms with Gasteiger partial charge in [-0.25, -0.2) is 4.39 Å². The normalized spacial score (nSPS) is 16.9. The number of likely N-dealkylation sites (tertiary alicyclic amines) is 1. The lowest BCUT2D eigenvalue weighted by Gasteiger charge is -2.31. The van der Waals surface area contributed by atoms with E-state index >= 15 is 0 Å². The largest absolute Gasteiger partial charge is 0.353 e. The van der Waals surface area contributed by atoms with E-state index in [0.29, 0.717) is 18.8 Å². The van der Waals surface area contributed by atoms with Gasteiger partial charge in [0.25, 0.3) is 0 Å². The number of nitrogens with zero attached hydrogens (tertiary/aromatic N) is 1. The summed E-state index contributed by atoms with van der Waals surface area (Å²) in [6.07, 6.45) is 1.62. The van der Waals surface area contributed by atoms with Crippen LogP contribution in [0.25, 0.3) is 0 Å². The van der Waals surface area contributed by atoms with Crippen LogP contribution in [-0.2, 0) is 9.59 Å². The number of halogens is 1. The molecule has 23 heavy (non-hydrogen) atoms. The molecule has 1 aliphatic rings. The molecule has 0 spiro atoms. The van der Waals surface area contributed by atoms with Gasteiger partial charge in [0.2, 0.25) is 11.8 Å². The van der Waals surface area contributed by atoms with E-state index in [1.165, 1.54) is 23.9 Å². The lowest BCUT2D eigenvalue weighted by Crippen LogP contribution is -2.46. The summed E-state index contributed by atoms with van der Waals surface area (Å²) in [4.78, 5) is 25.1. The van der Waals surface area contributed by atoms with Gasteiger partial charge in [-0.2, -0.15) is 0 Å². The van der Waals surface area contributed by atoms with Gasteiger partial charge in [0.15, 0.2) is 0 Å². The quantitative estimate of drug-likeness (QED) is 0.898. The van der Waals surface area contributed by atoms with E-state index in [9.17, 15) is 14.0 Å². The minimum atomic E-state index is -0.249. The fraction of sp³-hybridized carbons (Fsp3) is 0.529. The van der Waals surface area contributed by atoms with Gasteiger partial charge >= 0.3 is 0 Å². The topological polar surface area (TPSA) is 49.4 Å². The molecule has 0 aromatic heterocycles. The molecule has 126 valence electrons. The first kappa shape index (κ1) is 17.8. The van der Waals surface area contributed by atoms with E-state index < -0.39 is 0 Å².